The van der Waals surface area contributed by atoms with Gasteiger partial charge in [-0.1, -0.05) is 23.2 Å². The number of methoxy groups -OCH3 is 1. The lowest BCUT2D eigenvalue weighted by atomic mass is 10.1. The lowest BCUT2D eigenvalue weighted by Crippen LogP contribution is -2.37. The maximum atomic E-state index is 6.12. The SMILES string of the molecule is COCCN(c1cc(Cl)nnc1Cl)C(C)C1CC1. The first-order valence-corrected chi connectivity index (χ1v) is 6.83. The quantitative estimate of drug-likeness (QED) is 0.807. The average molecular weight is 290 g/mol. The van der Waals surface area contributed by atoms with Crippen LogP contribution in [-0.4, -0.2) is 36.5 Å². The molecule has 1 atom stereocenters. The zero-order chi connectivity index (χ0) is 13.1. The molecule has 0 radical (unpaired) electrons. The van der Waals surface area contributed by atoms with Gasteiger partial charge in [0.25, 0.3) is 0 Å². The molecule has 6 heteroatoms. The van der Waals surface area contributed by atoms with E-state index in [9.17, 15) is 0 Å². The van der Waals surface area contributed by atoms with Crippen LogP contribution in [0.25, 0.3) is 0 Å². The van der Waals surface area contributed by atoms with E-state index in [1.54, 1.807) is 13.2 Å². The number of ether oxygens (including phenoxy) is 1. The molecule has 1 fully saturated rings. The molecular formula is C12H17Cl2N3O. The van der Waals surface area contributed by atoms with E-state index in [2.05, 4.69) is 22.0 Å². The second kappa shape index (κ2) is 6.04. The molecule has 0 aliphatic heterocycles. The van der Waals surface area contributed by atoms with Gasteiger partial charge in [-0.25, -0.2) is 0 Å². The van der Waals surface area contributed by atoms with Crippen molar-refractivity contribution in [1.29, 1.82) is 0 Å². The Morgan fingerprint density at radius 3 is 2.78 bits per heavy atom. The first kappa shape index (κ1) is 13.8. The lowest BCUT2D eigenvalue weighted by Gasteiger charge is -2.31. The van der Waals surface area contributed by atoms with Gasteiger partial charge < -0.3 is 9.64 Å². The zero-order valence-corrected chi connectivity index (χ0v) is 12.1. The summed E-state index contributed by atoms with van der Waals surface area (Å²) in [5.41, 5.74) is 0.841. The molecule has 0 N–H and O–H groups in total. The van der Waals surface area contributed by atoms with Crippen LogP contribution in [0.2, 0.25) is 10.3 Å². The molecule has 0 spiro atoms. The largest absolute Gasteiger partial charge is 0.383 e. The molecule has 1 aliphatic carbocycles. The van der Waals surface area contributed by atoms with Gasteiger partial charge >= 0.3 is 0 Å². The fraction of sp³-hybridized carbons (Fsp3) is 0.667. The van der Waals surface area contributed by atoms with Crippen molar-refractivity contribution in [2.24, 2.45) is 5.92 Å². The molecule has 2 rings (SSSR count). The van der Waals surface area contributed by atoms with Crippen molar-refractivity contribution in [3.05, 3.63) is 16.4 Å². The molecule has 1 unspecified atom stereocenters. The average Bonchev–Trinajstić information content (AvgIpc) is 3.17. The van der Waals surface area contributed by atoms with Gasteiger partial charge in [0.1, 0.15) is 0 Å². The maximum Gasteiger partial charge on any atom is 0.175 e. The number of hydrogen-bond acceptors (Lipinski definition) is 4. The molecule has 1 heterocycles. The van der Waals surface area contributed by atoms with Crippen LogP contribution in [0.1, 0.15) is 19.8 Å². The van der Waals surface area contributed by atoms with E-state index in [1.165, 1.54) is 12.8 Å². The van der Waals surface area contributed by atoms with Crippen LogP contribution in [0.5, 0.6) is 0 Å². The third-order valence-electron chi connectivity index (χ3n) is 3.34. The molecule has 1 aliphatic rings. The topological polar surface area (TPSA) is 38.2 Å². The minimum absolute atomic E-state index is 0.361. The Kier molecular flexibility index (Phi) is 4.65. The molecule has 1 saturated carbocycles. The second-order valence-corrected chi connectivity index (χ2v) is 5.35. The van der Waals surface area contributed by atoms with Crippen molar-refractivity contribution in [2.45, 2.75) is 25.8 Å². The van der Waals surface area contributed by atoms with Gasteiger partial charge in [0.05, 0.1) is 12.3 Å². The Morgan fingerprint density at radius 1 is 1.44 bits per heavy atom. The van der Waals surface area contributed by atoms with Crippen molar-refractivity contribution in [3.63, 3.8) is 0 Å². The minimum Gasteiger partial charge on any atom is -0.383 e. The smallest absolute Gasteiger partial charge is 0.175 e. The number of halogens is 2. The van der Waals surface area contributed by atoms with Gasteiger partial charge in [-0.05, 0) is 25.7 Å². The highest BCUT2D eigenvalue weighted by atomic mass is 35.5. The predicted octanol–water partition coefficient (Wildman–Crippen LogP) is 3.03. The summed E-state index contributed by atoms with van der Waals surface area (Å²) in [4.78, 5) is 2.21. The Morgan fingerprint density at radius 2 is 2.17 bits per heavy atom. The fourth-order valence-corrected chi connectivity index (χ4v) is 2.45. The van der Waals surface area contributed by atoms with Crippen molar-refractivity contribution in [2.75, 3.05) is 25.2 Å². The fourth-order valence-electron chi connectivity index (χ4n) is 2.11. The molecule has 1 aromatic heterocycles. The van der Waals surface area contributed by atoms with E-state index >= 15 is 0 Å². The van der Waals surface area contributed by atoms with E-state index in [0.29, 0.717) is 23.0 Å². The summed E-state index contributed by atoms with van der Waals surface area (Å²) >= 11 is 12.0. The summed E-state index contributed by atoms with van der Waals surface area (Å²) in [7, 11) is 1.69. The van der Waals surface area contributed by atoms with Gasteiger partial charge in [-0.2, -0.15) is 0 Å². The zero-order valence-electron chi connectivity index (χ0n) is 10.6. The summed E-state index contributed by atoms with van der Waals surface area (Å²) in [5, 5.41) is 8.37. The molecule has 1 aromatic rings. The van der Waals surface area contributed by atoms with Crippen LogP contribution in [0.15, 0.2) is 6.07 Å². The standard InChI is InChI=1S/C12H17Cl2N3O/c1-8(9-3-4-9)17(5-6-18-2)10-7-11(13)15-16-12(10)14/h7-9H,3-6H2,1-2H3. The molecule has 0 aromatic carbocycles. The lowest BCUT2D eigenvalue weighted by molar-refractivity contribution is 0.202. The van der Waals surface area contributed by atoms with E-state index in [4.69, 9.17) is 27.9 Å². The number of nitrogens with zero attached hydrogens (tertiary/aromatic N) is 3. The van der Waals surface area contributed by atoms with E-state index < -0.39 is 0 Å². The summed E-state index contributed by atoms with van der Waals surface area (Å²) in [6.07, 6.45) is 2.54. The molecule has 0 saturated heterocycles. The summed E-state index contributed by atoms with van der Waals surface area (Å²) < 4.78 is 5.16. The maximum absolute atomic E-state index is 6.12. The summed E-state index contributed by atoms with van der Waals surface area (Å²) in [5.74, 6) is 0.727. The Balaban J connectivity index is 2.22. The predicted molar refractivity (Wildman–Crippen MR) is 73.5 cm³/mol. The van der Waals surface area contributed by atoms with Gasteiger partial charge in [0, 0.05) is 25.8 Å². The van der Waals surface area contributed by atoms with Crippen LogP contribution in [0, 0.1) is 5.92 Å². The van der Waals surface area contributed by atoms with Crippen molar-refractivity contribution in [3.8, 4) is 0 Å². The molecule has 0 amide bonds. The van der Waals surface area contributed by atoms with Gasteiger partial charge in [-0.15, -0.1) is 10.2 Å². The highest BCUT2D eigenvalue weighted by Gasteiger charge is 2.33. The van der Waals surface area contributed by atoms with E-state index in [1.807, 2.05) is 0 Å². The molecule has 100 valence electrons. The van der Waals surface area contributed by atoms with Gasteiger partial charge in [0.15, 0.2) is 10.3 Å². The monoisotopic (exact) mass is 289 g/mol. The minimum atomic E-state index is 0.361. The number of anilines is 1. The van der Waals surface area contributed by atoms with Crippen molar-refractivity contribution in [1.82, 2.24) is 10.2 Å². The second-order valence-electron chi connectivity index (χ2n) is 4.61. The third-order valence-corrected chi connectivity index (χ3v) is 3.80. The van der Waals surface area contributed by atoms with Crippen LogP contribution in [0.4, 0.5) is 5.69 Å². The number of hydrogen-bond donors (Lipinski definition) is 0. The first-order chi connectivity index (χ1) is 8.63. The van der Waals surface area contributed by atoms with Gasteiger partial charge in [-0.3, -0.25) is 0 Å². The number of rotatable bonds is 6. The Bertz CT molecular complexity index is 412. The number of aromatic nitrogens is 2. The Hall–Kier alpha value is -0.580. The van der Waals surface area contributed by atoms with Crippen molar-refractivity contribution < 1.29 is 4.74 Å². The third kappa shape index (κ3) is 3.25. The van der Waals surface area contributed by atoms with Crippen LogP contribution in [0.3, 0.4) is 0 Å². The highest BCUT2D eigenvalue weighted by Crippen LogP contribution is 2.38. The van der Waals surface area contributed by atoms with Gasteiger partial charge in [0.2, 0.25) is 0 Å². The first-order valence-electron chi connectivity index (χ1n) is 6.07. The highest BCUT2D eigenvalue weighted by molar-refractivity contribution is 6.33. The summed E-state index contributed by atoms with van der Waals surface area (Å²) in [6.45, 7) is 3.63. The van der Waals surface area contributed by atoms with Crippen LogP contribution in [-0.2, 0) is 4.74 Å². The molecule has 4 nitrogen and oxygen atoms in total. The summed E-state index contributed by atoms with van der Waals surface area (Å²) in [6, 6.07) is 2.18. The van der Waals surface area contributed by atoms with Crippen LogP contribution < -0.4 is 4.90 Å². The van der Waals surface area contributed by atoms with E-state index in [-0.39, 0.29) is 0 Å². The van der Waals surface area contributed by atoms with Crippen molar-refractivity contribution >= 4 is 28.9 Å². The van der Waals surface area contributed by atoms with E-state index in [0.717, 1.165) is 18.2 Å². The normalized spacial score (nSPS) is 16.7. The molecule has 0 bridgehead atoms. The molecular weight excluding hydrogens is 273 g/mol. The van der Waals surface area contributed by atoms with Crippen LogP contribution >= 0.6 is 23.2 Å². The molecule has 18 heavy (non-hydrogen) atoms. The Labute approximate surface area is 117 Å².